The lowest BCUT2D eigenvalue weighted by Crippen LogP contribution is -2.39. The van der Waals surface area contributed by atoms with Crippen LogP contribution in [0.2, 0.25) is 0 Å². The highest BCUT2D eigenvalue weighted by molar-refractivity contribution is 4.96. The first-order valence-corrected chi connectivity index (χ1v) is 6.18. The van der Waals surface area contributed by atoms with Crippen molar-refractivity contribution in [3.63, 3.8) is 0 Å². The third-order valence-electron chi connectivity index (χ3n) is 3.65. The van der Waals surface area contributed by atoms with Crippen LogP contribution < -0.4 is 0 Å². The molecule has 88 valence electrons. The second-order valence-corrected chi connectivity index (χ2v) is 5.09. The number of ether oxygens (including phenoxy) is 1. The molecule has 0 spiro atoms. The first-order valence-electron chi connectivity index (χ1n) is 6.18. The Hall–Kier alpha value is -0.150. The van der Waals surface area contributed by atoms with E-state index in [1.807, 2.05) is 6.92 Å². The SMILES string of the molecule is CCOCC1(CN2CCC(F)CC2)CC1. The summed E-state index contributed by atoms with van der Waals surface area (Å²) in [6.07, 6.45) is 3.49. The second-order valence-electron chi connectivity index (χ2n) is 5.09. The van der Waals surface area contributed by atoms with Crippen molar-refractivity contribution in [2.75, 3.05) is 32.8 Å². The van der Waals surface area contributed by atoms with E-state index in [9.17, 15) is 4.39 Å². The number of hydrogen-bond acceptors (Lipinski definition) is 2. The molecule has 1 heterocycles. The molecule has 0 N–H and O–H groups in total. The number of likely N-dealkylation sites (tertiary alicyclic amines) is 1. The highest BCUT2D eigenvalue weighted by Crippen LogP contribution is 2.46. The summed E-state index contributed by atoms with van der Waals surface area (Å²) in [6.45, 7) is 6.77. The van der Waals surface area contributed by atoms with Crippen LogP contribution in [0.4, 0.5) is 4.39 Å². The van der Waals surface area contributed by atoms with Gasteiger partial charge in [0.2, 0.25) is 0 Å². The molecule has 0 unspecified atom stereocenters. The highest BCUT2D eigenvalue weighted by atomic mass is 19.1. The van der Waals surface area contributed by atoms with Crippen molar-refractivity contribution in [3.8, 4) is 0 Å². The first-order chi connectivity index (χ1) is 7.24. The topological polar surface area (TPSA) is 12.5 Å². The van der Waals surface area contributed by atoms with Crippen molar-refractivity contribution < 1.29 is 9.13 Å². The Balaban J connectivity index is 1.72. The van der Waals surface area contributed by atoms with Crippen LogP contribution in [0.3, 0.4) is 0 Å². The molecule has 0 radical (unpaired) electrons. The van der Waals surface area contributed by atoms with Crippen LogP contribution in [0.5, 0.6) is 0 Å². The van der Waals surface area contributed by atoms with E-state index < -0.39 is 6.17 Å². The van der Waals surface area contributed by atoms with Gasteiger partial charge in [0, 0.05) is 31.7 Å². The summed E-state index contributed by atoms with van der Waals surface area (Å²) in [4.78, 5) is 2.42. The molecule has 0 aromatic carbocycles. The van der Waals surface area contributed by atoms with Gasteiger partial charge in [-0.3, -0.25) is 0 Å². The first kappa shape index (κ1) is 11.3. The fourth-order valence-electron chi connectivity index (χ4n) is 2.38. The maximum absolute atomic E-state index is 13.0. The molecular weight excluding hydrogens is 193 g/mol. The standard InChI is InChI=1S/C12H22FNO/c1-2-15-10-12(5-6-12)9-14-7-3-11(13)4-8-14/h11H,2-10H2,1H3. The average molecular weight is 215 g/mol. The molecule has 15 heavy (non-hydrogen) atoms. The third-order valence-corrected chi connectivity index (χ3v) is 3.65. The second kappa shape index (κ2) is 4.79. The highest BCUT2D eigenvalue weighted by Gasteiger charge is 2.44. The Labute approximate surface area is 91.8 Å². The van der Waals surface area contributed by atoms with E-state index in [-0.39, 0.29) is 0 Å². The van der Waals surface area contributed by atoms with E-state index in [2.05, 4.69) is 4.90 Å². The van der Waals surface area contributed by atoms with Crippen LogP contribution in [0, 0.1) is 5.41 Å². The van der Waals surface area contributed by atoms with Crippen molar-refractivity contribution in [3.05, 3.63) is 0 Å². The normalized spacial score (nSPS) is 26.8. The molecule has 0 bridgehead atoms. The van der Waals surface area contributed by atoms with E-state index in [4.69, 9.17) is 4.74 Å². The number of halogens is 1. The average Bonchev–Trinajstić information content (AvgIpc) is 3.00. The minimum absolute atomic E-state index is 0.430. The van der Waals surface area contributed by atoms with Crippen LogP contribution in [0.15, 0.2) is 0 Å². The van der Waals surface area contributed by atoms with Gasteiger partial charge in [0.05, 0.1) is 6.61 Å². The lowest BCUT2D eigenvalue weighted by molar-refractivity contribution is 0.0641. The van der Waals surface area contributed by atoms with E-state index in [0.717, 1.165) is 45.7 Å². The molecule has 2 aliphatic rings. The van der Waals surface area contributed by atoms with Gasteiger partial charge >= 0.3 is 0 Å². The van der Waals surface area contributed by atoms with E-state index in [0.29, 0.717) is 5.41 Å². The van der Waals surface area contributed by atoms with Crippen LogP contribution in [0.1, 0.15) is 32.6 Å². The van der Waals surface area contributed by atoms with Gasteiger partial charge < -0.3 is 9.64 Å². The summed E-state index contributed by atoms with van der Waals surface area (Å²) in [5.74, 6) is 0. The monoisotopic (exact) mass is 215 g/mol. The molecule has 1 aliphatic carbocycles. The van der Waals surface area contributed by atoms with Gasteiger partial charge in [-0.15, -0.1) is 0 Å². The van der Waals surface area contributed by atoms with Crippen LogP contribution in [-0.4, -0.2) is 43.9 Å². The van der Waals surface area contributed by atoms with Gasteiger partial charge in [0.15, 0.2) is 0 Å². The maximum atomic E-state index is 13.0. The zero-order valence-corrected chi connectivity index (χ0v) is 9.67. The van der Waals surface area contributed by atoms with Gasteiger partial charge in [-0.1, -0.05) is 0 Å². The minimum Gasteiger partial charge on any atom is -0.381 e. The summed E-state index contributed by atoms with van der Waals surface area (Å²) < 4.78 is 18.5. The van der Waals surface area contributed by atoms with Gasteiger partial charge in [-0.05, 0) is 32.6 Å². The fourth-order valence-corrected chi connectivity index (χ4v) is 2.38. The number of hydrogen-bond donors (Lipinski definition) is 0. The smallest absolute Gasteiger partial charge is 0.103 e. The predicted octanol–water partition coefficient (Wildman–Crippen LogP) is 2.24. The van der Waals surface area contributed by atoms with Crippen molar-refractivity contribution >= 4 is 0 Å². The summed E-state index contributed by atoms with van der Waals surface area (Å²) >= 11 is 0. The molecule has 0 aromatic heterocycles. The Bertz CT molecular complexity index is 198. The molecule has 3 heteroatoms. The van der Waals surface area contributed by atoms with Gasteiger partial charge in [-0.2, -0.15) is 0 Å². The Morgan fingerprint density at radius 3 is 2.53 bits per heavy atom. The van der Waals surface area contributed by atoms with Crippen molar-refractivity contribution in [2.45, 2.75) is 38.8 Å². The zero-order valence-electron chi connectivity index (χ0n) is 9.67. The zero-order chi connectivity index (χ0) is 10.7. The van der Waals surface area contributed by atoms with Crippen LogP contribution in [0.25, 0.3) is 0 Å². The van der Waals surface area contributed by atoms with Gasteiger partial charge in [0.1, 0.15) is 6.17 Å². The van der Waals surface area contributed by atoms with Crippen LogP contribution >= 0.6 is 0 Å². The lowest BCUT2D eigenvalue weighted by atomic mass is 10.0. The van der Waals surface area contributed by atoms with Gasteiger partial charge in [0.25, 0.3) is 0 Å². The van der Waals surface area contributed by atoms with Crippen LogP contribution in [-0.2, 0) is 4.74 Å². The molecule has 0 amide bonds. The van der Waals surface area contributed by atoms with E-state index >= 15 is 0 Å². The molecule has 2 nitrogen and oxygen atoms in total. The Morgan fingerprint density at radius 1 is 1.33 bits per heavy atom. The largest absolute Gasteiger partial charge is 0.381 e. The number of piperidine rings is 1. The van der Waals surface area contributed by atoms with Gasteiger partial charge in [-0.25, -0.2) is 4.39 Å². The predicted molar refractivity (Wildman–Crippen MR) is 58.7 cm³/mol. The molecule has 0 atom stereocenters. The summed E-state index contributed by atoms with van der Waals surface area (Å²) in [5.41, 5.74) is 0.430. The molecule has 2 fully saturated rings. The molecular formula is C12H22FNO. The van der Waals surface area contributed by atoms with Crippen molar-refractivity contribution in [1.29, 1.82) is 0 Å². The number of alkyl halides is 1. The molecule has 2 rings (SSSR count). The Kier molecular flexibility index (Phi) is 3.62. The maximum Gasteiger partial charge on any atom is 0.103 e. The number of rotatable bonds is 5. The van der Waals surface area contributed by atoms with Crippen molar-refractivity contribution in [1.82, 2.24) is 4.90 Å². The fraction of sp³-hybridized carbons (Fsp3) is 1.00. The minimum atomic E-state index is -0.553. The quantitative estimate of drug-likeness (QED) is 0.697. The van der Waals surface area contributed by atoms with E-state index in [1.165, 1.54) is 12.8 Å². The molecule has 1 aliphatic heterocycles. The third kappa shape index (κ3) is 3.15. The summed E-state index contributed by atoms with van der Waals surface area (Å²) in [7, 11) is 0. The van der Waals surface area contributed by atoms with E-state index in [1.54, 1.807) is 0 Å². The lowest BCUT2D eigenvalue weighted by Gasteiger charge is -2.31. The summed E-state index contributed by atoms with van der Waals surface area (Å²) in [6, 6.07) is 0. The Morgan fingerprint density at radius 2 is 2.00 bits per heavy atom. The summed E-state index contributed by atoms with van der Waals surface area (Å²) in [5, 5.41) is 0. The van der Waals surface area contributed by atoms with Crippen molar-refractivity contribution in [2.24, 2.45) is 5.41 Å². The molecule has 1 saturated heterocycles. The molecule has 0 aromatic rings. The number of nitrogens with zero attached hydrogens (tertiary/aromatic N) is 1. The molecule has 1 saturated carbocycles.